The minimum Gasteiger partial charge on any atom is -0.327 e. The Morgan fingerprint density at radius 1 is 0.643 bits per heavy atom. The largest absolute Gasteiger partial charge is 0.334 e. The van der Waals surface area contributed by atoms with Crippen LogP contribution in [0.25, 0.3) is 0 Å². The molecule has 0 spiro atoms. The summed E-state index contributed by atoms with van der Waals surface area (Å²) in [5, 5.41) is 0. The van der Waals surface area contributed by atoms with Crippen molar-refractivity contribution in [3.8, 4) is 0 Å². The molecule has 6 nitrogen and oxygen atoms in total. The van der Waals surface area contributed by atoms with E-state index in [0.29, 0.717) is 26.0 Å². The highest BCUT2D eigenvalue weighted by atomic mass is 16.2. The summed E-state index contributed by atoms with van der Waals surface area (Å²) in [6.07, 6.45) is 12.8. The lowest BCUT2D eigenvalue weighted by molar-refractivity contribution is -0.116. The molecule has 28 heavy (non-hydrogen) atoms. The van der Waals surface area contributed by atoms with Gasteiger partial charge in [-0.05, 0) is 19.3 Å². The summed E-state index contributed by atoms with van der Waals surface area (Å²) in [5.74, 6) is 0. The molecule has 0 aromatic rings. The lowest BCUT2D eigenvalue weighted by atomic mass is 10.2. The normalized spacial score (nSPS) is 10.6. The summed E-state index contributed by atoms with van der Waals surface area (Å²) in [6, 6.07) is -0.771. The molecule has 0 saturated heterocycles. The SMILES string of the molecule is CCCCCCN(C)C(=O)N(CCCCCC)C(=O)N(C=O)CCCCCC. The molecule has 0 unspecified atom stereocenters. The minimum atomic E-state index is -0.478. The molecule has 0 atom stereocenters. The Morgan fingerprint density at radius 3 is 1.57 bits per heavy atom. The maximum Gasteiger partial charge on any atom is 0.334 e. The first-order valence-corrected chi connectivity index (χ1v) is 11.3. The molecule has 0 heterocycles. The van der Waals surface area contributed by atoms with Crippen LogP contribution in [0.15, 0.2) is 0 Å². The summed E-state index contributed by atoms with van der Waals surface area (Å²) >= 11 is 0. The van der Waals surface area contributed by atoms with Gasteiger partial charge in [-0.3, -0.25) is 9.69 Å². The molecule has 0 aliphatic carbocycles. The van der Waals surface area contributed by atoms with Crippen molar-refractivity contribution in [3.63, 3.8) is 0 Å². The number of hydrogen-bond acceptors (Lipinski definition) is 3. The highest BCUT2D eigenvalue weighted by Gasteiger charge is 2.28. The van der Waals surface area contributed by atoms with Crippen molar-refractivity contribution in [1.29, 1.82) is 0 Å². The van der Waals surface area contributed by atoms with Gasteiger partial charge in [-0.15, -0.1) is 0 Å². The van der Waals surface area contributed by atoms with Crippen LogP contribution in [0.5, 0.6) is 0 Å². The molecule has 0 aromatic heterocycles. The number of unbranched alkanes of at least 4 members (excludes halogenated alkanes) is 9. The standard InChI is InChI=1S/C22H43N3O3/c1-5-8-11-14-17-23(4)21(27)25(19-16-13-10-7-3)22(28)24(20-26)18-15-12-9-6-2/h20H,5-19H2,1-4H3. The van der Waals surface area contributed by atoms with Gasteiger partial charge in [0.25, 0.3) is 0 Å². The predicted octanol–water partition coefficient (Wildman–Crippen LogP) is 5.66. The van der Waals surface area contributed by atoms with Crippen molar-refractivity contribution < 1.29 is 14.4 Å². The van der Waals surface area contributed by atoms with Gasteiger partial charge in [-0.25, -0.2) is 14.5 Å². The Morgan fingerprint density at radius 2 is 1.11 bits per heavy atom. The Kier molecular flexibility index (Phi) is 16.5. The third-order valence-corrected chi connectivity index (χ3v) is 5.00. The van der Waals surface area contributed by atoms with Gasteiger partial charge < -0.3 is 4.90 Å². The van der Waals surface area contributed by atoms with E-state index in [4.69, 9.17) is 0 Å². The molecule has 0 aliphatic rings. The number of carbonyl (C=O) groups is 3. The van der Waals surface area contributed by atoms with Gasteiger partial charge in [0, 0.05) is 26.7 Å². The summed E-state index contributed by atoms with van der Waals surface area (Å²) in [5.41, 5.74) is 0. The fourth-order valence-corrected chi connectivity index (χ4v) is 3.10. The molecule has 0 fully saturated rings. The summed E-state index contributed by atoms with van der Waals surface area (Å²) < 4.78 is 0. The lowest BCUT2D eigenvalue weighted by Gasteiger charge is -2.29. The minimum absolute atomic E-state index is 0.293. The molecular weight excluding hydrogens is 354 g/mol. The van der Waals surface area contributed by atoms with Crippen LogP contribution in [0.3, 0.4) is 0 Å². The van der Waals surface area contributed by atoms with Crippen molar-refractivity contribution in [2.24, 2.45) is 0 Å². The monoisotopic (exact) mass is 397 g/mol. The molecule has 0 saturated carbocycles. The number of imide groups is 2. The van der Waals surface area contributed by atoms with Crippen LogP contribution in [0.1, 0.15) is 97.8 Å². The van der Waals surface area contributed by atoms with Crippen LogP contribution >= 0.6 is 0 Å². The van der Waals surface area contributed by atoms with Crippen LogP contribution in [0.4, 0.5) is 9.59 Å². The van der Waals surface area contributed by atoms with E-state index >= 15 is 0 Å². The molecular formula is C22H43N3O3. The second-order valence-electron chi connectivity index (χ2n) is 7.62. The van der Waals surface area contributed by atoms with E-state index in [1.54, 1.807) is 11.9 Å². The molecule has 0 radical (unpaired) electrons. The summed E-state index contributed by atoms with van der Waals surface area (Å²) in [6.45, 7) is 7.78. The zero-order valence-corrected chi connectivity index (χ0v) is 18.8. The molecule has 0 aromatic carbocycles. The van der Waals surface area contributed by atoms with Crippen LogP contribution in [0.2, 0.25) is 0 Å². The second-order valence-corrected chi connectivity index (χ2v) is 7.62. The van der Waals surface area contributed by atoms with E-state index in [1.165, 1.54) is 4.90 Å². The topological polar surface area (TPSA) is 60.9 Å². The Bertz CT molecular complexity index is 429. The van der Waals surface area contributed by atoms with E-state index in [0.717, 1.165) is 81.9 Å². The van der Waals surface area contributed by atoms with Crippen LogP contribution in [-0.2, 0) is 4.79 Å². The molecule has 0 bridgehead atoms. The number of rotatable bonds is 16. The molecule has 5 amide bonds. The first-order valence-electron chi connectivity index (χ1n) is 11.3. The molecule has 0 N–H and O–H groups in total. The smallest absolute Gasteiger partial charge is 0.327 e. The number of urea groups is 2. The Labute approximate surface area is 172 Å². The van der Waals surface area contributed by atoms with Crippen LogP contribution in [-0.4, -0.2) is 59.9 Å². The maximum atomic E-state index is 12.9. The molecule has 0 rings (SSSR count). The van der Waals surface area contributed by atoms with Crippen LogP contribution in [0, 0.1) is 0 Å². The number of hydrogen-bond donors (Lipinski definition) is 0. The fourth-order valence-electron chi connectivity index (χ4n) is 3.10. The average Bonchev–Trinajstić information content (AvgIpc) is 2.70. The van der Waals surface area contributed by atoms with Gasteiger partial charge in [0.15, 0.2) is 0 Å². The van der Waals surface area contributed by atoms with Gasteiger partial charge in [0.05, 0.1) is 0 Å². The quantitative estimate of drug-likeness (QED) is 0.249. The van der Waals surface area contributed by atoms with E-state index < -0.39 is 6.03 Å². The summed E-state index contributed by atoms with van der Waals surface area (Å²) in [7, 11) is 1.74. The van der Waals surface area contributed by atoms with Crippen molar-refractivity contribution in [2.45, 2.75) is 97.8 Å². The zero-order valence-electron chi connectivity index (χ0n) is 18.8. The number of carbonyl (C=O) groups excluding carboxylic acids is 3. The highest BCUT2D eigenvalue weighted by Crippen LogP contribution is 2.10. The zero-order chi connectivity index (χ0) is 21.2. The highest BCUT2D eigenvalue weighted by molar-refractivity contribution is 5.97. The van der Waals surface area contributed by atoms with E-state index in [1.807, 2.05) is 0 Å². The second kappa shape index (κ2) is 17.5. The predicted molar refractivity (Wildman–Crippen MR) is 115 cm³/mol. The third kappa shape index (κ3) is 11.3. The van der Waals surface area contributed by atoms with E-state index in [9.17, 15) is 14.4 Å². The van der Waals surface area contributed by atoms with Crippen molar-refractivity contribution in [2.75, 3.05) is 26.7 Å². The van der Waals surface area contributed by atoms with E-state index in [-0.39, 0.29) is 6.03 Å². The summed E-state index contributed by atoms with van der Waals surface area (Å²) in [4.78, 5) is 41.3. The van der Waals surface area contributed by atoms with Gasteiger partial charge in [0.2, 0.25) is 6.41 Å². The average molecular weight is 398 g/mol. The Hall–Kier alpha value is -1.59. The first kappa shape index (κ1) is 26.4. The number of nitrogens with zero attached hydrogens (tertiary/aromatic N) is 3. The van der Waals surface area contributed by atoms with E-state index in [2.05, 4.69) is 20.8 Å². The molecule has 6 heteroatoms. The first-order chi connectivity index (χ1) is 13.5. The van der Waals surface area contributed by atoms with Gasteiger partial charge in [-0.1, -0.05) is 78.6 Å². The molecule has 0 aliphatic heterocycles. The van der Waals surface area contributed by atoms with Crippen molar-refractivity contribution in [1.82, 2.24) is 14.7 Å². The van der Waals surface area contributed by atoms with Crippen molar-refractivity contribution >= 4 is 18.5 Å². The maximum absolute atomic E-state index is 12.9. The molecule has 164 valence electrons. The number of amides is 5. The van der Waals surface area contributed by atoms with Crippen molar-refractivity contribution in [3.05, 3.63) is 0 Å². The van der Waals surface area contributed by atoms with Gasteiger partial charge >= 0.3 is 12.1 Å². The van der Waals surface area contributed by atoms with Gasteiger partial charge in [-0.2, -0.15) is 0 Å². The van der Waals surface area contributed by atoms with Crippen LogP contribution < -0.4 is 0 Å². The van der Waals surface area contributed by atoms with Gasteiger partial charge in [0.1, 0.15) is 0 Å². The third-order valence-electron chi connectivity index (χ3n) is 5.00. The Balaban J connectivity index is 4.90. The fraction of sp³-hybridized carbons (Fsp3) is 0.864. The lowest BCUT2D eigenvalue weighted by Crippen LogP contribution is -2.51.